The second kappa shape index (κ2) is 4.57. The highest BCUT2D eigenvalue weighted by atomic mass is 16.5. The summed E-state index contributed by atoms with van der Waals surface area (Å²) in [6, 6.07) is 12.5. The van der Waals surface area contributed by atoms with Crippen LogP contribution in [0.25, 0.3) is 0 Å². The third-order valence-corrected chi connectivity index (χ3v) is 2.10. The third-order valence-electron chi connectivity index (χ3n) is 2.10. The Morgan fingerprint density at radius 1 is 1.12 bits per heavy atom. The maximum Gasteiger partial charge on any atom is 0.219 e. The van der Waals surface area contributed by atoms with Crippen molar-refractivity contribution in [3.8, 4) is 11.6 Å². The minimum atomic E-state index is 0.554. The number of ether oxygens (including phenoxy) is 1. The first-order chi connectivity index (χ1) is 7.78. The van der Waals surface area contributed by atoms with Crippen molar-refractivity contribution in [1.82, 2.24) is 4.98 Å². The summed E-state index contributed by atoms with van der Waals surface area (Å²) in [5.74, 6) is 1.22. The molecular formula is C13H11NO2. The zero-order valence-corrected chi connectivity index (χ0v) is 8.88. The van der Waals surface area contributed by atoms with Crippen molar-refractivity contribution in [2.75, 3.05) is 0 Å². The molecule has 0 radical (unpaired) electrons. The van der Waals surface area contributed by atoms with Crippen LogP contribution in [0.3, 0.4) is 0 Å². The van der Waals surface area contributed by atoms with Crippen molar-refractivity contribution < 1.29 is 9.53 Å². The first-order valence-corrected chi connectivity index (χ1v) is 4.95. The molecule has 0 N–H and O–H groups in total. The summed E-state index contributed by atoms with van der Waals surface area (Å²) in [6.07, 6.45) is 0.800. The minimum Gasteiger partial charge on any atom is -0.439 e. The molecular weight excluding hydrogens is 202 g/mol. The Balaban J connectivity index is 2.17. The number of aromatic nitrogens is 1. The van der Waals surface area contributed by atoms with Gasteiger partial charge in [0.1, 0.15) is 12.0 Å². The maximum atomic E-state index is 10.5. The number of aryl methyl sites for hydroxylation is 1. The van der Waals surface area contributed by atoms with E-state index >= 15 is 0 Å². The summed E-state index contributed by atoms with van der Waals surface area (Å²) in [6.45, 7) is 1.91. The van der Waals surface area contributed by atoms with Gasteiger partial charge >= 0.3 is 0 Å². The zero-order chi connectivity index (χ0) is 11.4. The normalized spacial score (nSPS) is 9.81. The Hall–Kier alpha value is -2.16. The van der Waals surface area contributed by atoms with Crippen LogP contribution in [0.15, 0.2) is 42.5 Å². The molecule has 1 heterocycles. The van der Waals surface area contributed by atoms with Gasteiger partial charge in [0.25, 0.3) is 0 Å². The van der Waals surface area contributed by atoms with Gasteiger partial charge in [-0.05, 0) is 37.3 Å². The molecule has 1 aromatic heterocycles. The van der Waals surface area contributed by atoms with Gasteiger partial charge in [-0.25, -0.2) is 4.98 Å². The molecule has 80 valence electrons. The molecule has 0 amide bonds. The second-order valence-electron chi connectivity index (χ2n) is 3.41. The smallest absolute Gasteiger partial charge is 0.219 e. The molecule has 1 aromatic carbocycles. The van der Waals surface area contributed by atoms with Crippen molar-refractivity contribution in [3.05, 3.63) is 53.7 Å². The lowest BCUT2D eigenvalue weighted by Gasteiger charge is -2.04. The number of rotatable bonds is 3. The van der Waals surface area contributed by atoms with Gasteiger partial charge in [0.05, 0.1) is 0 Å². The molecule has 0 bridgehead atoms. The van der Waals surface area contributed by atoms with Gasteiger partial charge in [-0.3, -0.25) is 4.79 Å². The summed E-state index contributed by atoms with van der Waals surface area (Å²) >= 11 is 0. The van der Waals surface area contributed by atoms with Crippen LogP contribution in [0, 0.1) is 6.92 Å². The summed E-state index contributed by atoms with van der Waals surface area (Å²) in [4.78, 5) is 14.7. The van der Waals surface area contributed by atoms with E-state index in [0.29, 0.717) is 17.2 Å². The van der Waals surface area contributed by atoms with Gasteiger partial charge in [-0.2, -0.15) is 0 Å². The van der Waals surface area contributed by atoms with Crippen LogP contribution < -0.4 is 4.74 Å². The molecule has 0 spiro atoms. The topological polar surface area (TPSA) is 39.2 Å². The zero-order valence-electron chi connectivity index (χ0n) is 8.88. The van der Waals surface area contributed by atoms with Crippen LogP contribution in [-0.4, -0.2) is 11.3 Å². The number of hydrogen-bond acceptors (Lipinski definition) is 3. The molecule has 0 fully saturated rings. The van der Waals surface area contributed by atoms with Gasteiger partial charge in [-0.15, -0.1) is 0 Å². The molecule has 0 aliphatic heterocycles. The number of carbonyl (C=O) groups is 1. The van der Waals surface area contributed by atoms with Crippen molar-refractivity contribution in [2.24, 2.45) is 0 Å². The van der Waals surface area contributed by atoms with E-state index in [9.17, 15) is 4.79 Å². The fraction of sp³-hybridized carbons (Fsp3) is 0.0769. The first-order valence-electron chi connectivity index (χ1n) is 4.95. The minimum absolute atomic E-state index is 0.554. The van der Waals surface area contributed by atoms with E-state index in [0.717, 1.165) is 12.0 Å². The highest BCUT2D eigenvalue weighted by molar-refractivity contribution is 5.74. The molecule has 2 rings (SSSR count). The van der Waals surface area contributed by atoms with E-state index in [1.165, 1.54) is 0 Å². The lowest BCUT2D eigenvalue weighted by Crippen LogP contribution is -1.89. The number of carbonyl (C=O) groups excluding carboxylic acids is 1. The maximum absolute atomic E-state index is 10.5. The number of hydrogen-bond donors (Lipinski definition) is 0. The number of nitrogens with zero attached hydrogens (tertiary/aromatic N) is 1. The monoisotopic (exact) mass is 213 g/mol. The summed E-state index contributed by atoms with van der Waals surface area (Å²) in [5.41, 5.74) is 1.53. The third kappa shape index (κ3) is 2.45. The number of pyridine rings is 1. The average molecular weight is 213 g/mol. The molecule has 0 unspecified atom stereocenters. The van der Waals surface area contributed by atoms with Crippen LogP contribution in [-0.2, 0) is 0 Å². The van der Waals surface area contributed by atoms with Crippen LogP contribution in [0.2, 0.25) is 0 Å². The van der Waals surface area contributed by atoms with Gasteiger partial charge < -0.3 is 4.74 Å². The predicted octanol–water partition coefficient (Wildman–Crippen LogP) is 2.99. The van der Waals surface area contributed by atoms with Crippen molar-refractivity contribution in [3.63, 3.8) is 0 Å². The summed E-state index contributed by atoms with van der Waals surface area (Å²) in [7, 11) is 0. The lowest BCUT2D eigenvalue weighted by molar-refractivity contribution is 0.112. The van der Waals surface area contributed by atoms with Crippen molar-refractivity contribution in [1.29, 1.82) is 0 Å². The highest BCUT2D eigenvalue weighted by Crippen LogP contribution is 2.19. The summed E-state index contributed by atoms with van der Waals surface area (Å²) < 4.78 is 5.53. The molecule has 3 nitrogen and oxygen atoms in total. The predicted molar refractivity (Wildman–Crippen MR) is 60.9 cm³/mol. The molecule has 0 aliphatic rings. The lowest BCUT2D eigenvalue weighted by atomic mass is 10.2. The fourth-order valence-electron chi connectivity index (χ4n) is 1.31. The summed E-state index contributed by atoms with van der Waals surface area (Å²) in [5, 5.41) is 0. The Bertz CT molecular complexity index is 492. The van der Waals surface area contributed by atoms with E-state index < -0.39 is 0 Å². The SMILES string of the molecule is Cc1cccc(Oc2ccc(C=O)cc2)n1. The van der Waals surface area contributed by atoms with E-state index in [4.69, 9.17) is 4.74 Å². The number of aldehydes is 1. The van der Waals surface area contributed by atoms with E-state index in [1.54, 1.807) is 30.3 Å². The fourth-order valence-corrected chi connectivity index (χ4v) is 1.31. The van der Waals surface area contributed by atoms with Crippen LogP contribution in [0.4, 0.5) is 0 Å². The molecule has 0 saturated carbocycles. The van der Waals surface area contributed by atoms with E-state index in [1.807, 2.05) is 19.1 Å². The van der Waals surface area contributed by atoms with E-state index in [2.05, 4.69) is 4.98 Å². The Morgan fingerprint density at radius 3 is 2.50 bits per heavy atom. The quantitative estimate of drug-likeness (QED) is 0.736. The molecule has 16 heavy (non-hydrogen) atoms. The average Bonchev–Trinajstić information content (AvgIpc) is 2.30. The van der Waals surface area contributed by atoms with Crippen LogP contribution in [0.5, 0.6) is 11.6 Å². The molecule has 3 heteroatoms. The van der Waals surface area contributed by atoms with Gasteiger partial charge in [0.15, 0.2) is 0 Å². The molecule has 0 saturated heterocycles. The van der Waals surface area contributed by atoms with Crippen molar-refractivity contribution >= 4 is 6.29 Å². The Morgan fingerprint density at radius 2 is 1.88 bits per heavy atom. The molecule has 0 aliphatic carbocycles. The highest BCUT2D eigenvalue weighted by Gasteiger charge is 1.98. The van der Waals surface area contributed by atoms with Crippen LogP contribution in [0.1, 0.15) is 16.1 Å². The van der Waals surface area contributed by atoms with Gasteiger partial charge in [0, 0.05) is 17.3 Å². The van der Waals surface area contributed by atoms with Gasteiger partial charge in [0.2, 0.25) is 5.88 Å². The van der Waals surface area contributed by atoms with Crippen LogP contribution >= 0.6 is 0 Å². The Labute approximate surface area is 93.7 Å². The standard InChI is InChI=1S/C13H11NO2/c1-10-3-2-4-13(14-10)16-12-7-5-11(9-15)6-8-12/h2-9H,1H3. The van der Waals surface area contributed by atoms with E-state index in [-0.39, 0.29) is 0 Å². The van der Waals surface area contributed by atoms with Gasteiger partial charge in [-0.1, -0.05) is 6.07 Å². The first kappa shape index (κ1) is 10.4. The number of benzene rings is 1. The second-order valence-corrected chi connectivity index (χ2v) is 3.41. The molecule has 0 atom stereocenters. The van der Waals surface area contributed by atoms with Crippen molar-refractivity contribution in [2.45, 2.75) is 6.92 Å². The Kier molecular flexibility index (Phi) is 2.96. The largest absolute Gasteiger partial charge is 0.439 e. The molecule has 2 aromatic rings.